The van der Waals surface area contributed by atoms with Gasteiger partial charge in [-0.1, -0.05) is 41.7 Å². The second kappa shape index (κ2) is 9.25. The lowest BCUT2D eigenvalue weighted by Crippen LogP contribution is -2.22. The minimum Gasteiger partial charge on any atom is -0.493 e. The first-order chi connectivity index (χ1) is 16.1. The summed E-state index contributed by atoms with van der Waals surface area (Å²) in [4.78, 5) is 18.3. The van der Waals surface area contributed by atoms with E-state index in [0.29, 0.717) is 34.2 Å². The third-order valence-electron chi connectivity index (χ3n) is 5.04. The van der Waals surface area contributed by atoms with Crippen LogP contribution in [0.15, 0.2) is 76.0 Å². The van der Waals surface area contributed by atoms with E-state index in [1.165, 1.54) is 11.3 Å². The Balaban J connectivity index is 1.40. The summed E-state index contributed by atoms with van der Waals surface area (Å²) in [5, 5.41) is 0. The van der Waals surface area contributed by atoms with Crippen molar-refractivity contribution < 1.29 is 14.2 Å². The van der Waals surface area contributed by atoms with Gasteiger partial charge in [0.15, 0.2) is 16.5 Å². The molecule has 0 aliphatic heterocycles. The molecule has 5 aromatic rings. The van der Waals surface area contributed by atoms with E-state index in [2.05, 4.69) is 20.9 Å². The molecule has 0 amide bonds. The van der Waals surface area contributed by atoms with Crippen molar-refractivity contribution in [3.63, 3.8) is 0 Å². The van der Waals surface area contributed by atoms with Gasteiger partial charge in [0.25, 0.3) is 5.56 Å². The highest BCUT2D eigenvalue weighted by atomic mass is 79.9. The van der Waals surface area contributed by atoms with Crippen molar-refractivity contribution in [1.29, 1.82) is 0 Å². The zero-order valence-electron chi connectivity index (χ0n) is 17.7. The monoisotopic (exact) mass is 522 g/mol. The average molecular weight is 523 g/mol. The Bertz CT molecular complexity index is 1550. The van der Waals surface area contributed by atoms with Crippen molar-refractivity contribution in [2.24, 2.45) is 0 Å². The van der Waals surface area contributed by atoms with Crippen molar-refractivity contribution in [2.75, 3.05) is 20.3 Å². The number of aromatic nitrogens is 2. The maximum Gasteiger partial charge on any atom is 0.274 e. The van der Waals surface area contributed by atoms with Gasteiger partial charge >= 0.3 is 0 Å². The van der Waals surface area contributed by atoms with Crippen LogP contribution in [0, 0.1) is 0 Å². The first-order valence-electron chi connectivity index (χ1n) is 10.2. The Morgan fingerprint density at radius 2 is 1.79 bits per heavy atom. The largest absolute Gasteiger partial charge is 0.493 e. The lowest BCUT2D eigenvalue weighted by Gasteiger charge is -2.14. The van der Waals surface area contributed by atoms with E-state index >= 15 is 0 Å². The topological polar surface area (TPSA) is 62.1 Å². The number of fused-ring (bicyclic) bond motifs is 3. The van der Waals surface area contributed by atoms with Crippen molar-refractivity contribution in [3.05, 3.63) is 91.7 Å². The van der Waals surface area contributed by atoms with Crippen LogP contribution in [-0.2, 0) is 0 Å². The molecule has 3 aromatic carbocycles. The number of halogens is 1. The SMILES string of the molecule is COc1cc(C=c2sc3nc4ccccc4n3c2=O)cc(Br)c1OCCOc1ccccc1. The Hall–Kier alpha value is -3.36. The Morgan fingerprint density at radius 3 is 2.61 bits per heavy atom. The number of imidazole rings is 1. The summed E-state index contributed by atoms with van der Waals surface area (Å²) < 4.78 is 20.1. The Labute approximate surface area is 201 Å². The van der Waals surface area contributed by atoms with Gasteiger partial charge in [-0.15, -0.1) is 0 Å². The van der Waals surface area contributed by atoms with Crippen LogP contribution in [0.4, 0.5) is 0 Å². The van der Waals surface area contributed by atoms with Crippen LogP contribution < -0.4 is 24.3 Å². The molecule has 0 aliphatic carbocycles. The number of hydrogen-bond donors (Lipinski definition) is 0. The molecule has 0 saturated carbocycles. The molecule has 2 heterocycles. The summed E-state index contributed by atoms with van der Waals surface area (Å²) in [6.45, 7) is 0.753. The standard InChI is InChI=1S/C25H19BrN2O4S/c1-30-21-14-16(13-18(26)23(21)32-12-11-31-17-7-3-2-4-8-17)15-22-24(29)28-20-10-6-5-9-19(20)27-25(28)33-22/h2-10,13-15H,11-12H2,1H3. The number of nitrogens with zero attached hydrogens (tertiary/aromatic N) is 2. The van der Waals surface area contributed by atoms with Gasteiger partial charge in [-0.3, -0.25) is 4.79 Å². The maximum absolute atomic E-state index is 13.0. The molecular weight excluding hydrogens is 504 g/mol. The first kappa shape index (κ1) is 21.5. The summed E-state index contributed by atoms with van der Waals surface area (Å²) in [5.74, 6) is 1.94. The highest BCUT2D eigenvalue weighted by Crippen LogP contribution is 2.37. The molecule has 0 aliphatic rings. The molecule has 0 N–H and O–H groups in total. The molecule has 0 bridgehead atoms. The molecule has 0 spiro atoms. The van der Waals surface area contributed by atoms with Crippen LogP contribution in [0.5, 0.6) is 17.2 Å². The molecule has 0 radical (unpaired) electrons. The Kier molecular flexibility index (Phi) is 6.02. The zero-order chi connectivity index (χ0) is 22.8. The number of methoxy groups -OCH3 is 1. The highest BCUT2D eigenvalue weighted by Gasteiger charge is 2.13. The highest BCUT2D eigenvalue weighted by molar-refractivity contribution is 9.10. The molecular formula is C25H19BrN2O4S. The summed E-state index contributed by atoms with van der Waals surface area (Å²) in [6.07, 6.45) is 1.84. The molecule has 5 rings (SSSR count). The van der Waals surface area contributed by atoms with Gasteiger partial charge in [-0.05, 0) is 64.0 Å². The summed E-state index contributed by atoms with van der Waals surface area (Å²) >= 11 is 4.93. The quantitative estimate of drug-likeness (QED) is 0.290. The second-order valence-corrected chi connectivity index (χ2v) is 9.04. The van der Waals surface area contributed by atoms with E-state index in [-0.39, 0.29) is 5.56 Å². The molecule has 0 unspecified atom stereocenters. The van der Waals surface area contributed by atoms with Gasteiger partial charge in [0.1, 0.15) is 19.0 Å². The van der Waals surface area contributed by atoms with Crippen LogP contribution in [0.2, 0.25) is 0 Å². The van der Waals surface area contributed by atoms with Gasteiger partial charge in [0, 0.05) is 0 Å². The summed E-state index contributed by atoms with van der Waals surface area (Å²) in [6, 6.07) is 21.0. The van der Waals surface area contributed by atoms with Gasteiger partial charge in [-0.2, -0.15) is 0 Å². The molecule has 33 heavy (non-hydrogen) atoms. The molecule has 8 heteroatoms. The van der Waals surface area contributed by atoms with E-state index in [0.717, 1.165) is 26.8 Å². The molecule has 0 fully saturated rings. The lowest BCUT2D eigenvalue weighted by atomic mass is 10.2. The van der Waals surface area contributed by atoms with Crippen molar-refractivity contribution >= 4 is 49.3 Å². The van der Waals surface area contributed by atoms with E-state index in [4.69, 9.17) is 14.2 Å². The molecule has 0 atom stereocenters. The van der Waals surface area contributed by atoms with E-state index < -0.39 is 0 Å². The smallest absolute Gasteiger partial charge is 0.274 e. The number of rotatable bonds is 7. The van der Waals surface area contributed by atoms with E-state index in [1.54, 1.807) is 11.5 Å². The third kappa shape index (κ3) is 4.31. The first-order valence-corrected chi connectivity index (χ1v) is 11.8. The maximum atomic E-state index is 13.0. The van der Waals surface area contributed by atoms with Crippen LogP contribution >= 0.6 is 27.3 Å². The fraction of sp³-hybridized carbons (Fsp3) is 0.120. The average Bonchev–Trinajstić information content (AvgIpc) is 3.34. The molecule has 6 nitrogen and oxygen atoms in total. The van der Waals surface area contributed by atoms with Crippen LogP contribution in [0.1, 0.15) is 5.56 Å². The summed E-state index contributed by atoms with van der Waals surface area (Å²) in [7, 11) is 1.59. The fourth-order valence-corrected chi connectivity index (χ4v) is 5.11. The van der Waals surface area contributed by atoms with Crippen molar-refractivity contribution in [2.45, 2.75) is 0 Å². The molecule has 0 saturated heterocycles. The minimum atomic E-state index is -0.0859. The minimum absolute atomic E-state index is 0.0859. The normalized spacial score (nSPS) is 11.9. The second-order valence-electron chi connectivity index (χ2n) is 7.18. The number of thiazole rings is 1. The van der Waals surface area contributed by atoms with Crippen molar-refractivity contribution in [1.82, 2.24) is 9.38 Å². The van der Waals surface area contributed by atoms with Crippen LogP contribution in [-0.4, -0.2) is 29.7 Å². The zero-order valence-corrected chi connectivity index (χ0v) is 20.1. The predicted molar refractivity (Wildman–Crippen MR) is 134 cm³/mol. The van der Waals surface area contributed by atoms with Gasteiger partial charge < -0.3 is 14.2 Å². The Morgan fingerprint density at radius 1 is 1.03 bits per heavy atom. The molecule has 166 valence electrons. The van der Waals surface area contributed by atoms with E-state index in [1.807, 2.05) is 72.8 Å². The number of benzene rings is 3. The van der Waals surface area contributed by atoms with Crippen LogP contribution in [0.25, 0.3) is 22.1 Å². The number of hydrogen-bond acceptors (Lipinski definition) is 6. The summed E-state index contributed by atoms with van der Waals surface area (Å²) in [5.41, 5.74) is 2.36. The van der Waals surface area contributed by atoms with Crippen LogP contribution in [0.3, 0.4) is 0 Å². The fourth-order valence-electron chi connectivity index (χ4n) is 3.55. The predicted octanol–water partition coefficient (Wildman–Crippen LogP) is 4.69. The van der Waals surface area contributed by atoms with Gasteiger partial charge in [-0.25, -0.2) is 9.38 Å². The van der Waals surface area contributed by atoms with Gasteiger partial charge in [0.05, 0.1) is 27.1 Å². The van der Waals surface area contributed by atoms with Gasteiger partial charge in [0.2, 0.25) is 0 Å². The number of para-hydroxylation sites is 3. The molecule has 2 aromatic heterocycles. The third-order valence-corrected chi connectivity index (χ3v) is 6.59. The number of ether oxygens (including phenoxy) is 3. The van der Waals surface area contributed by atoms with E-state index in [9.17, 15) is 4.79 Å². The van der Waals surface area contributed by atoms with Crippen molar-refractivity contribution in [3.8, 4) is 17.2 Å². The lowest BCUT2D eigenvalue weighted by molar-refractivity contribution is 0.210.